The van der Waals surface area contributed by atoms with Crippen LogP contribution in [0.1, 0.15) is 26.3 Å². The Hall–Kier alpha value is -0.505. The van der Waals surface area contributed by atoms with Crippen molar-refractivity contribution < 1.29 is 10.0 Å². The third-order valence-electron chi connectivity index (χ3n) is 2.11. The Labute approximate surface area is 96.0 Å². The average molecular weight is 227 g/mol. The lowest BCUT2D eigenvalue weighted by atomic mass is 9.73. The SMILES string of the molecule is CC(C)(C)Cc1ccc(Cl)cc1B(O)O. The van der Waals surface area contributed by atoms with Crippen molar-refractivity contribution in [1.82, 2.24) is 0 Å². The van der Waals surface area contributed by atoms with E-state index in [0.717, 1.165) is 12.0 Å². The molecular weight excluding hydrogens is 210 g/mol. The number of rotatable bonds is 2. The molecule has 0 aromatic heterocycles. The molecule has 0 aliphatic heterocycles. The molecule has 1 rings (SSSR count). The monoisotopic (exact) mass is 226 g/mol. The quantitative estimate of drug-likeness (QED) is 0.752. The Morgan fingerprint density at radius 3 is 2.33 bits per heavy atom. The van der Waals surface area contributed by atoms with E-state index in [0.29, 0.717) is 10.5 Å². The van der Waals surface area contributed by atoms with Crippen molar-refractivity contribution in [2.75, 3.05) is 0 Å². The third-order valence-corrected chi connectivity index (χ3v) is 2.34. The maximum atomic E-state index is 9.22. The first-order valence-corrected chi connectivity index (χ1v) is 5.32. The Morgan fingerprint density at radius 1 is 1.27 bits per heavy atom. The molecule has 0 aliphatic rings. The van der Waals surface area contributed by atoms with Crippen molar-refractivity contribution in [2.45, 2.75) is 27.2 Å². The number of benzene rings is 1. The molecule has 4 heteroatoms. The van der Waals surface area contributed by atoms with Crippen LogP contribution in [-0.4, -0.2) is 17.2 Å². The fraction of sp³-hybridized carbons (Fsp3) is 0.455. The summed E-state index contributed by atoms with van der Waals surface area (Å²) in [6, 6.07) is 5.23. The first-order chi connectivity index (χ1) is 6.79. The van der Waals surface area contributed by atoms with Gasteiger partial charge in [-0.3, -0.25) is 0 Å². The predicted octanol–water partition coefficient (Wildman–Crippen LogP) is 1.61. The summed E-state index contributed by atoms with van der Waals surface area (Å²) >= 11 is 5.81. The first-order valence-electron chi connectivity index (χ1n) is 4.94. The summed E-state index contributed by atoms with van der Waals surface area (Å²) in [6.07, 6.45) is 0.789. The standard InChI is InChI=1S/C11H16BClO2/c1-11(2,3)7-8-4-5-9(13)6-10(8)12(14)15/h4-6,14-15H,7H2,1-3H3. The van der Waals surface area contributed by atoms with Crippen LogP contribution in [0.4, 0.5) is 0 Å². The molecule has 0 bridgehead atoms. The molecule has 2 nitrogen and oxygen atoms in total. The number of hydrogen-bond acceptors (Lipinski definition) is 2. The van der Waals surface area contributed by atoms with E-state index in [-0.39, 0.29) is 5.41 Å². The van der Waals surface area contributed by atoms with Gasteiger partial charge in [-0.15, -0.1) is 0 Å². The Morgan fingerprint density at radius 2 is 1.87 bits per heavy atom. The van der Waals surface area contributed by atoms with Gasteiger partial charge in [-0.1, -0.05) is 38.4 Å². The highest BCUT2D eigenvalue weighted by molar-refractivity contribution is 6.59. The topological polar surface area (TPSA) is 40.5 Å². The van der Waals surface area contributed by atoms with Gasteiger partial charge in [-0.2, -0.15) is 0 Å². The van der Waals surface area contributed by atoms with E-state index < -0.39 is 7.12 Å². The lowest BCUT2D eigenvalue weighted by Crippen LogP contribution is -2.34. The summed E-state index contributed by atoms with van der Waals surface area (Å²) < 4.78 is 0. The molecule has 0 heterocycles. The Balaban J connectivity index is 3.06. The van der Waals surface area contributed by atoms with E-state index in [9.17, 15) is 10.0 Å². The first kappa shape index (κ1) is 12.6. The smallest absolute Gasteiger partial charge is 0.423 e. The van der Waals surface area contributed by atoms with E-state index in [1.165, 1.54) is 0 Å². The van der Waals surface area contributed by atoms with Gasteiger partial charge in [0.25, 0.3) is 0 Å². The van der Waals surface area contributed by atoms with Crippen molar-refractivity contribution in [3.8, 4) is 0 Å². The van der Waals surface area contributed by atoms with E-state index >= 15 is 0 Å². The molecule has 2 N–H and O–H groups in total. The van der Waals surface area contributed by atoms with Crippen molar-refractivity contribution in [1.29, 1.82) is 0 Å². The second kappa shape index (κ2) is 4.56. The summed E-state index contributed by atoms with van der Waals surface area (Å²) in [5.41, 5.74) is 1.54. The van der Waals surface area contributed by atoms with Crippen LogP contribution < -0.4 is 5.46 Å². The maximum Gasteiger partial charge on any atom is 0.488 e. The van der Waals surface area contributed by atoms with Crippen LogP contribution >= 0.6 is 11.6 Å². The molecule has 1 aromatic rings. The van der Waals surface area contributed by atoms with E-state index in [4.69, 9.17) is 11.6 Å². The molecule has 0 unspecified atom stereocenters. The van der Waals surface area contributed by atoms with Crippen LogP contribution in [0.25, 0.3) is 0 Å². The highest BCUT2D eigenvalue weighted by atomic mass is 35.5. The fourth-order valence-corrected chi connectivity index (χ4v) is 1.72. The van der Waals surface area contributed by atoms with E-state index in [1.54, 1.807) is 12.1 Å². The fourth-order valence-electron chi connectivity index (χ4n) is 1.54. The van der Waals surface area contributed by atoms with Crippen molar-refractivity contribution in [2.24, 2.45) is 5.41 Å². The van der Waals surface area contributed by atoms with Crippen molar-refractivity contribution in [3.63, 3.8) is 0 Å². The van der Waals surface area contributed by atoms with Gasteiger partial charge in [0.05, 0.1) is 0 Å². The van der Waals surface area contributed by atoms with E-state index in [2.05, 4.69) is 20.8 Å². The summed E-state index contributed by atoms with van der Waals surface area (Å²) in [4.78, 5) is 0. The number of hydrogen-bond donors (Lipinski definition) is 2. The van der Waals surface area contributed by atoms with Crippen molar-refractivity contribution >= 4 is 24.2 Å². The largest absolute Gasteiger partial charge is 0.488 e. The minimum absolute atomic E-state index is 0.109. The zero-order chi connectivity index (χ0) is 11.6. The molecule has 15 heavy (non-hydrogen) atoms. The van der Waals surface area contributed by atoms with Gasteiger partial charge in [0, 0.05) is 5.02 Å². The average Bonchev–Trinajstić information content (AvgIpc) is 2.05. The third kappa shape index (κ3) is 3.86. The lowest BCUT2D eigenvalue weighted by molar-refractivity contribution is 0.407. The summed E-state index contributed by atoms with van der Waals surface area (Å²) in [5, 5.41) is 19.0. The molecule has 0 radical (unpaired) electrons. The highest BCUT2D eigenvalue weighted by Crippen LogP contribution is 2.20. The van der Waals surface area contributed by atoms with Gasteiger partial charge < -0.3 is 10.0 Å². The molecule has 0 amide bonds. The van der Waals surface area contributed by atoms with Gasteiger partial charge in [0.1, 0.15) is 0 Å². The summed E-state index contributed by atoms with van der Waals surface area (Å²) in [6.45, 7) is 6.32. The molecule has 0 aliphatic carbocycles. The maximum absolute atomic E-state index is 9.22. The second-order valence-electron chi connectivity index (χ2n) is 4.95. The minimum Gasteiger partial charge on any atom is -0.423 e. The summed E-state index contributed by atoms with van der Waals surface area (Å²) in [5.74, 6) is 0. The van der Waals surface area contributed by atoms with Crippen LogP contribution in [0.2, 0.25) is 5.02 Å². The van der Waals surface area contributed by atoms with Gasteiger partial charge in [0.15, 0.2) is 0 Å². The number of halogens is 1. The molecule has 82 valence electrons. The molecule has 1 aromatic carbocycles. The van der Waals surface area contributed by atoms with Gasteiger partial charge >= 0.3 is 7.12 Å². The summed E-state index contributed by atoms with van der Waals surface area (Å²) in [7, 11) is -1.46. The molecule has 0 fully saturated rings. The molecule has 0 spiro atoms. The van der Waals surface area contributed by atoms with Gasteiger partial charge in [-0.05, 0) is 35.0 Å². The molecule has 0 atom stereocenters. The van der Waals surface area contributed by atoms with Crippen LogP contribution in [0.5, 0.6) is 0 Å². The highest BCUT2D eigenvalue weighted by Gasteiger charge is 2.20. The second-order valence-corrected chi connectivity index (χ2v) is 5.39. The normalized spacial score (nSPS) is 11.6. The molecule has 0 saturated carbocycles. The zero-order valence-corrected chi connectivity index (χ0v) is 10.0. The van der Waals surface area contributed by atoms with Crippen molar-refractivity contribution in [3.05, 3.63) is 28.8 Å². The van der Waals surface area contributed by atoms with Crippen LogP contribution in [0, 0.1) is 5.41 Å². The lowest BCUT2D eigenvalue weighted by Gasteiger charge is -2.20. The van der Waals surface area contributed by atoms with Crippen LogP contribution in [0.3, 0.4) is 0 Å². The molecule has 0 saturated heterocycles. The van der Waals surface area contributed by atoms with E-state index in [1.807, 2.05) is 6.07 Å². The zero-order valence-electron chi connectivity index (χ0n) is 9.29. The Bertz CT molecular complexity index is 345. The predicted molar refractivity (Wildman–Crippen MR) is 64.4 cm³/mol. The van der Waals surface area contributed by atoms with Crippen LogP contribution in [-0.2, 0) is 6.42 Å². The van der Waals surface area contributed by atoms with Gasteiger partial charge in [0.2, 0.25) is 0 Å². The minimum atomic E-state index is -1.46. The van der Waals surface area contributed by atoms with Crippen LogP contribution in [0.15, 0.2) is 18.2 Å². The van der Waals surface area contributed by atoms with Gasteiger partial charge in [-0.25, -0.2) is 0 Å². The molecular formula is C11H16BClO2. The Kier molecular flexibility index (Phi) is 3.82.